The number of carbonyl (C=O) groups excluding carboxylic acids is 2. The second-order valence-corrected chi connectivity index (χ2v) is 9.18. The van der Waals surface area contributed by atoms with Gasteiger partial charge in [0.05, 0.1) is 11.9 Å². The zero-order valence-electron chi connectivity index (χ0n) is 18.1. The molecule has 1 atom stereocenters. The van der Waals surface area contributed by atoms with Crippen LogP contribution in [0.15, 0.2) is 48.5 Å². The second kappa shape index (κ2) is 10.4. The summed E-state index contributed by atoms with van der Waals surface area (Å²) in [4.78, 5) is 27.1. The fraction of sp³-hybridized carbons (Fsp3) is 0.364. The lowest BCUT2D eigenvalue weighted by Gasteiger charge is -2.32. The predicted molar refractivity (Wildman–Crippen MR) is 118 cm³/mol. The lowest BCUT2D eigenvalue weighted by molar-refractivity contribution is -0.140. The van der Waals surface area contributed by atoms with Crippen LogP contribution in [0, 0.1) is 12.7 Å². The van der Waals surface area contributed by atoms with Gasteiger partial charge in [-0.05, 0) is 31.0 Å². The number of nitrogens with one attached hydrogen (secondary N) is 1. The largest absolute Gasteiger partial charge is 0.357 e. The Balaban J connectivity index is 2.44. The number of amides is 2. The molecular formula is C22H28FN3O4S. The normalized spacial score (nSPS) is 12.2. The molecular weight excluding hydrogens is 421 g/mol. The van der Waals surface area contributed by atoms with Crippen molar-refractivity contribution in [3.8, 4) is 0 Å². The van der Waals surface area contributed by atoms with Gasteiger partial charge in [-0.3, -0.25) is 13.9 Å². The van der Waals surface area contributed by atoms with Gasteiger partial charge in [-0.1, -0.05) is 48.9 Å². The summed E-state index contributed by atoms with van der Waals surface area (Å²) in [6, 6.07) is 12.0. The van der Waals surface area contributed by atoms with Crippen molar-refractivity contribution >= 4 is 27.5 Å². The lowest BCUT2D eigenvalue weighted by Crippen LogP contribution is -2.51. The van der Waals surface area contributed by atoms with Gasteiger partial charge in [0.15, 0.2) is 0 Å². The van der Waals surface area contributed by atoms with Crippen molar-refractivity contribution in [2.75, 3.05) is 24.2 Å². The van der Waals surface area contributed by atoms with Crippen molar-refractivity contribution in [1.29, 1.82) is 0 Å². The molecule has 2 aromatic rings. The number of nitrogens with zero attached hydrogens (tertiary/aromatic N) is 2. The Morgan fingerprint density at radius 2 is 1.81 bits per heavy atom. The number of carbonyl (C=O) groups is 2. The van der Waals surface area contributed by atoms with Crippen LogP contribution >= 0.6 is 0 Å². The fourth-order valence-corrected chi connectivity index (χ4v) is 4.19. The molecule has 31 heavy (non-hydrogen) atoms. The molecule has 9 heteroatoms. The Morgan fingerprint density at radius 3 is 2.35 bits per heavy atom. The number of para-hydroxylation sites is 1. The lowest BCUT2D eigenvalue weighted by atomic mass is 10.1. The average Bonchev–Trinajstić information content (AvgIpc) is 2.71. The van der Waals surface area contributed by atoms with Crippen LogP contribution in [-0.2, 0) is 26.2 Å². The van der Waals surface area contributed by atoms with Gasteiger partial charge in [0, 0.05) is 13.6 Å². The molecule has 0 aromatic heterocycles. The van der Waals surface area contributed by atoms with E-state index in [2.05, 4.69) is 5.32 Å². The third kappa shape index (κ3) is 6.27. The first kappa shape index (κ1) is 24.3. The molecule has 7 nitrogen and oxygen atoms in total. The highest BCUT2D eigenvalue weighted by molar-refractivity contribution is 7.92. The van der Waals surface area contributed by atoms with Crippen LogP contribution in [0.5, 0.6) is 0 Å². The number of halogens is 1. The quantitative estimate of drug-likeness (QED) is 0.637. The van der Waals surface area contributed by atoms with Crippen molar-refractivity contribution in [1.82, 2.24) is 10.2 Å². The first-order valence-electron chi connectivity index (χ1n) is 9.87. The summed E-state index contributed by atoms with van der Waals surface area (Å²) in [5.74, 6) is -1.73. The SMILES string of the molecule is CC[C@H](C(=O)NC)N(Cc1cccc(C)c1)C(=O)CN(c1ccccc1F)S(C)(=O)=O. The van der Waals surface area contributed by atoms with Crippen molar-refractivity contribution in [3.63, 3.8) is 0 Å². The molecule has 0 aliphatic rings. The van der Waals surface area contributed by atoms with Crippen molar-refractivity contribution in [3.05, 3.63) is 65.5 Å². The van der Waals surface area contributed by atoms with Crippen molar-refractivity contribution in [2.45, 2.75) is 32.9 Å². The smallest absolute Gasteiger partial charge is 0.244 e. The van der Waals surface area contributed by atoms with E-state index >= 15 is 0 Å². The van der Waals surface area contributed by atoms with E-state index in [0.717, 1.165) is 27.8 Å². The van der Waals surface area contributed by atoms with Crippen LogP contribution in [0.2, 0.25) is 0 Å². The number of benzene rings is 2. The number of anilines is 1. The average molecular weight is 450 g/mol. The van der Waals surface area contributed by atoms with Gasteiger partial charge < -0.3 is 10.2 Å². The van der Waals surface area contributed by atoms with E-state index in [1.54, 1.807) is 6.92 Å². The van der Waals surface area contributed by atoms with Gasteiger partial charge in [0.1, 0.15) is 18.4 Å². The van der Waals surface area contributed by atoms with Gasteiger partial charge in [-0.15, -0.1) is 0 Å². The number of hydrogen-bond acceptors (Lipinski definition) is 4. The van der Waals surface area contributed by atoms with Gasteiger partial charge in [-0.25, -0.2) is 12.8 Å². The third-order valence-electron chi connectivity index (χ3n) is 4.87. The Bertz CT molecular complexity index is 1040. The molecule has 168 valence electrons. The summed E-state index contributed by atoms with van der Waals surface area (Å²) < 4.78 is 39.8. The molecule has 2 aromatic carbocycles. The van der Waals surface area contributed by atoms with Crippen LogP contribution in [0.4, 0.5) is 10.1 Å². The van der Waals surface area contributed by atoms with E-state index in [1.165, 1.54) is 30.1 Å². The first-order chi connectivity index (χ1) is 14.6. The van der Waals surface area contributed by atoms with Crippen molar-refractivity contribution < 1.29 is 22.4 Å². The third-order valence-corrected chi connectivity index (χ3v) is 5.99. The fourth-order valence-electron chi connectivity index (χ4n) is 3.34. The highest BCUT2D eigenvalue weighted by Gasteiger charge is 2.32. The number of sulfonamides is 1. The molecule has 0 radical (unpaired) electrons. The highest BCUT2D eigenvalue weighted by Crippen LogP contribution is 2.22. The molecule has 0 heterocycles. The molecule has 0 spiro atoms. The van der Waals surface area contributed by atoms with Gasteiger partial charge in [0.25, 0.3) is 0 Å². The molecule has 0 bridgehead atoms. The molecule has 1 N–H and O–H groups in total. The maximum absolute atomic E-state index is 14.3. The van der Waals surface area contributed by atoms with Crippen LogP contribution in [0.1, 0.15) is 24.5 Å². The Kier molecular flexibility index (Phi) is 8.15. The standard InChI is InChI=1S/C22H28FN3O4S/c1-5-19(22(28)24-3)25(14-17-10-8-9-16(2)13-17)21(27)15-26(31(4,29)30)20-12-7-6-11-18(20)23/h6-13,19H,5,14-15H2,1-4H3,(H,24,28)/t19-/m1/s1. The summed E-state index contributed by atoms with van der Waals surface area (Å²) in [6.07, 6.45) is 1.24. The second-order valence-electron chi connectivity index (χ2n) is 7.27. The monoisotopic (exact) mass is 449 g/mol. The van der Waals surface area contributed by atoms with E-state index in [9.17, 15) is 22.4 Å². The number of rotatable bonds is 9. The number of aryl methyl sites for hydroxylation is 1. The summed E-state index contributed by atoms with van der Waals surface area (Å²) >= 11 is 0. The minimum absolute atomic E-state index is 0.112. The molecule has 0 fully saturated rings. The van der Waals surface area contributed by atoms with E-state index in [-0.39, 0.29) is 18.1 Å². The van der Waals surface area contributed by atoms with Gasteiger partial charge in [0.2, 0.25) is 21.8 Å². The Hall–Kier alpha value is -2.94. The molecule has 2 rings (SSSR count). The minimum Gasteiger partial charge on any atom is -0.357 e. The topological polar surface area (TPSA) is 86.8 Å². The molecule has 0 saturated heterocycles. The van der Waals surface area contributed by atoms with Crippen LogP contribution in [-0.4, -0.2) is 51.0 Å². The summed E-state index contributed by atoms with van der Waals surface area (Å²) in [5, 5.41) is 2.55. The van der Waals surface area contributed by atoms with Crippen molar-refractivity contribution in [2.24, 2.45) is 0 Å². The van der Waals surface area contributed by atoms with E-state index in [1.807, 2.05) is 31.2 Å². The van der Waals surface area contributed by atoms with Crippen LogP contribution in [0.25, 0.3) is 0 Å². The Morgan fingerprint density at radius 1 is 1.13 bits per heavy atom. The maximum atomic E-state index is 14.3. The van der Waals surface area contributed by atoms with E-state index in [0.29, 0.717) is 6.42 Å². The minimum atomic E-state index is -3.96. The van der Waals surface area contributed by atoms with Crippen LogP contribution < -0.4 is 9.62 Å². The predicted octanol–water partition coefficient (Wildman–Crippen LogP) is 2.45. The molecule has 0 saturated carbocycles. The van der Waals surface area contributed by atoms with Gasteiger partial charge in [-0.2, -0.15) is 0 Å². The Labute approximate surface area is 182 Å². The zero-order chi connectivity index (χ0) is 23.2. The van der Waals surface area contributed by atoms with Crippen LogP contribution in [0.3, 0.4) is 0 Å². The first-order valence-corrected chi connectivity index (χ1v) is 11.7. The summed E-state index contributed by atoms with van der Waals surface area (Å²) in [7, 11) is -2.49. The highest BCUT2D eigenvalue weighted by atomic mass is 32.2. The van der Waals surface area contributed by atoms with Gasteiger partial charge >= 0.3 is 0 Å². The zero-order valence-corrected chi connectivity index (χ0v) is 18.9. The molecule has 0 unspecified atom stereocenters. The number of likely N-dealkylation sites (N-methyl/N-ethyl adjacent to an activating group) is 1. The molecule has 2 amide bonds. The maximum Gasteiger partial charge on any atom is 0.244 e. The molecule has 0 aliphatic heterocycles. The molecule has 0 aliphatic carbocycles. The summed E-state index contributed by atoms with van der Waals surface area (Å²) in [5.41, 5.74) is 1.57. The van der Waals surface area contributed by atoms with E-state index < -0.39 is 34.3 Å². The summed E-state index contributed by atoms with van der Waals surface area (Å²) in [6.45, 7) is 3.16. The van der Waals surface area contributed by atoms with E-state index in [4.69, 9.17) is 0 Å². The number of hydrogen-bond donors (Lipinski definition) is 1.